The highest BCUT2D eigenvalue weighted by Crippen LogP contribution is 2.33. The van der Waals surface area contributed by atoms with Gasteiger partial charge in [-0.2, -0.15) is 24.9 Å². The molecule has 0 aliphatic heterocycles. The van der Waals surface area contributed by atoms with E-state index in [0.717, 1.165) is 24.3 Å². The smallest absolute Gasteiger partial charge is 0.373 e. The van der Waals surface area contributed by atoms with E-state index in [1.165, 1.54) is 0 Å². The average Bonchev–Trinajstić information content (AvgIpc) is 2.42. The summed E-state index contributed by atoms with van der Waals surface area (Å²) in [4.78, 5) is 5.99. The Morgan fingerprint density at radius 2 is 2.05 bits per heavy atom. The molecular formula is C13H20F3N3S. The molecule has 1 unspecified atom stereocenters. The summed E-state index contributed by atoms with van der Waals surface area (Å²) in [5.41, 5.74) is -0.684. The molecule has 0 bridgehead atoms. The van der Waals surface area contributed by atoms with E-state index in [9.17, 15) is 13.2 Å². The van der Waals surface area contributed by atoms with Crippen LogP contribution in [0, 0.1) is 0 Å². The molecule has 0 saturated heterocycles. The molecule has 7 heteroatoms. The molecule has 1 aromatic heterocycles. The molecule has 1 heterocycles. The third-order valence-corrected chi connectivity index (χ3v) is 3.80. The van der Waals surface area contributed by atoms with Crippen LogP contribution < -0.4 is 10.2 Å². The Morgan fingerprint density at radius 1 is 1.40 bits per heavy atom. The van der Waals surface area contributed by atoms with Crippen LogP contribution in [0.4, 0.5) is 24.8 Å². The Hall–Kier alpha value is -1.11. The molecule has 114 valence electrons. The van der Waals surface area contributed by atoms with E-state index in [-0.39, 0.29) is 11.9 Å². The van der Waals surface area contributed by atoms with Gasteiger partial charge in [-0.05, 0) is 37.5 Å². The maximum atomic E-state index is 12.9. The van der Waals surface area contributed by atoms with E-state index in [0.29, 0.717) is 5.82 Å². The molecule has 0 aromatic carbocycles. The van der Waals surface area contributed by atoms with Crippen LogP contribution >= 0.6 is 11.8 Å². The Balaban J connectivity index is 3.04. The summed E-state index contributed by atoms with van der Waals surface area (Å²) in [6.45, 7) is 1.98. The van der Waals surface area contributed by atoms with Crippen LogP contribution in [0.1, 0.15) is 18.9 Å². The van der Waals surface area contributed by atoms with E-state index in [1.54, 1.807) is 30.8 Å². The predicted octanol–water partition coefficient (Wildman–Crippen LogP) is 3.72. The maximum absolute atomic E-state index is 12.9. The van der Waals surface area contributed by atoms with Crippen molar-refractivity contribution in [1.82, 2.24) is 4.98 Å². The lowest BCUT2D eigenvalue weighted by Gasteiger charge is -2.27. The standard InChI is InChI=1S/C13H20F3N3S/c1-9(5-6-20-4)19(3)12-8-10(13(14,15)16)7-11(17-2)18-12/h7-9H,5-6H2,1-4H3,(H,17,18). The third-order valence-electron chi connectivity index (χ3n) is 3.16. The number of hydrogen-bond acceptors (Lipinski definition) is 4. The number of nitrogens with one attached hydrogen (secondary N) is 1. The van der Waals surface area contributed by atoms with Gasteiger partial charge in [0.2, 0.25) is 0 Å². The third kappa shape index (κ3) is 4.47. The molecule has 1 atom stereocenters. The van der Waals surface area contributed by atoms with E-state index >= 15 is 0 Å². The van der Waals surface area contributed by atoms with Crippen molar-refractivity contribution < 1.29 is 13.2 Å². The van der Waals surface area contributed by atoms with E-state index in [1.807, 2.05) is 13.2 Å². The molecule has 3 nitrogen and oxygen atoms in total. The number of alkyl halides is 3. The topological polar surface area (TPSA) is 28.2 Å². The number of nitrogens with zero attached hydrogens (tertiary/aromatic N) is 2. The van der Waals surface area contributed by atoms with Gasteiger partial charge in [0, 0.05) is 20.1 Å². The highest BCUT2D eigenvalue weighted by molar-refractivity contribution is 7.98. The van der Waals surface area contributed by atoms with Gasteiger partial charge < -0.3 is 10.2 Å². The average molecular weight is 307 g/mol. The summed E-state index contributed by atoms with van der Waals surface area (Å²) in [6.07, 6.45) is -1.47. The highest BCUT2D eigenvalue weighted by Gasteiger charge is 2.32. The first-order chi connectivity index (χ1) is 9.29. The second-order valence-corrected chi connectivity index (χ2v) is 5.57. The van der Waals surface area contributed by atoms with Crippen LogP contribution in [0.3, 0.4) is 0 Å². The van der Waals surface area contributed by atoms with Crippen molar-refractivity contribution in [3.63, 3.8) is 0 Å². The zero-order chi connectivity index (χ0) is 15.3. The first-order valence-corrected chi connectivity index (χ1v) is 7.67. The van der Waals surface area contributed by atoms with Gasteiger partial charge in [-0.1, -0.05) is 0 Å². The molecule has 0 aliphatic carbocycles. The van der Waals surface area contributed by atoms with Crippen molar-refractivity contribution in [2.75, 3.05) is 36.3 Å². The normalized spacial score (nSPS) is 13.2. The van der Waals surface area contributed by atoms with Crippen LogP contribution in [0.15, 0.2) is 12.1 Å². The molecule has 0 radical (unpaired) electrons. The Labute approximate surface area is 122 Å². The highest BCUT2D eigenvalue weighted by atomic mass is 32.2. The van der Waals surface area contributed by atoms with Gasteiger partial charge in [-0.15, -0.1) is 0 Å². The van der Waals surface area contributed by atoms with Crippen LogP contribution in [-0.4, -0.2) is 37.1 Å². The minimum atomic E-state index is -4.37. The fourth-order valence-electron chi connectivity index (χ4n) is 1.70. The molecule has 0 amide bonds. The molecule has 0 aliphatic rings. The number of thioether (sulfide) groups is 1. The van der Waals surface area contributed by atoms with Crippen molar-refractivity contribution >= 4 is 23.4 Å². The molecule has 0 fully saturated rings. The summed E-state index contributed by atoms with van der Waals surface area (Å²) in [5, 5.41) is 2.67. The quantitative estimate of drug-likeness (QED) is 0.867. The maximum Gasteiger partial charge on any atom is 0.416 e. The van der Waals surface area contributed by atoms with Gasteiger partial charge in [0.15, 0.2) is 0 Å². The van der Waals surface area contributed by atoms with Crippen molar-refractivity contribution in [3.8, 4) is 0 Å². The Kier molecular flexibility index (Phi) is 5.98. The minimum Gasteiger partial charge on any atom is -0.373 e. The minimum absolute atomic E-state index is 0.128. The van der Waals surface area contributed by atoms with Gasteiger partial charge in [0.25, 0.3) is 0 Å². The Bertz CT molecular complexity index is 437. The molecular weight excluding hydrogens is 287 g/mol. The Morgan fingerprint density at radius 3 is 2.55 bits per heavy atom. The molecule has 1 rings (SSSR count). The lowest BCUT2D eigenvalue weighted by molar-refractivity contribution is -0.137. The fourth-order valence-corrected chi connectivity index (χ4v) is 2.27. The van der Waals surface area contributed by atoms with Crippen LogP contribution in [0.2, 0.25) is 0 Å². The summed E-state index contributed by atoms with van der Waals surface area (Å²) < 4.78 is 38.6. The molecule has 0 spiro atoms. The van der Waals surface area contributed by atoms with Gasteiger partial charge >= 0.3 is 6.18 Å². The van der Waals surface area contributed by atoms with E-state index < -0.39 is 11.7 Å². The molecule has 1 N–H and O–H groups in total. The zero-order valence-corrected chi connectivity index (χ0v) is 12.9. The van der Waals surface area contributed by atoms with Crippen molar-refractivity contribution in [2.24, 2.45) is 0 Å². The number of hydrogen-bond donors (Lipinski definition) is 1. The van der Waals surface area contributed by atoms with Gasteiger partial charge in [-0.3, -0.25) is 0 Å². The van der Waals surface area contributed by atoms with Gasteiger partial charge in [-0.25, -0.2) is 4.98 Å². The summed E-state index contributed by atoms with van der Waals surface area (Å²) in [6, 6.07) is 2.24. The number of anilines is 2. The van der Waals surface area contributed by atoms with E-state index in [2.05, 4.69) is 10.3 Å². The van der Waals surface area contributed by atoms with Crippen molar-refractivity contribution in [1.29, 1.82) is 0 Å². The fraction of sp³-hybridized carbons (Fsp3) is 0.615. The number of pyridine rings is 1. The largest absolute Gasteiger partial charge is 0.416 e. The number of halogens is 3. The van der Waals surface area contributed by atoms with Crippen molar-refractivity contribution in [3.05, 3.63) is 17.7 Å². The molecule has 0 saturated carbocycles. The predicted molar refractivity (Wildman–Crippen MR) is 79.6 cm³/mol. The first kappa shape index (κ1) is 16.9. The summed E-state index contributed by atoms with van der Waals surface area (Å²) in [5.74, 6) is 1.51. The molecule has 20 heavy (non-hydrogen) atoms. The zero-order valence-electron chi connectivity index (χ0n) is 12.1. The van der Waals surface area contributed by atoms with Crippen LogP contribution in [-0.2, 0) is 6.18 Å². The number of rotatable bonds is 6. The SMILES string of the molecule is CNc1cc(C(F)(F)F)cc(N(C)C(C)CCSC)n1. The second-order valence-electron chi connectivity index (χ2n) is 4.59. The lowest BCUT2D eigenvalue weighted by atomic mass is 10.2. The molecule has 1 aromatic rings. The van der Waals surface area contributed by atoms with E-state index in [4.69, 9.17) is 0 Å². The summed E-state index contributed by atoms with van der Waals surface area (Å²) >= 11 is 1.72. The summed E-state index contributed by atoms with van der Waals surface area (Å²) in [7, 11) is 3.33. The van der Waals surface area contributed by atoms with Crippen LogP contribution in [0.25, 0.3) is 0 Å². The van der Waals surface area contributed by atoms with Crippen LogP contribution in [0.5, 0.6) is 0 Å². The number of aromatic nitrogens is 1. The monoisotopic (exact) mass is 307 g/mol. The van der Waals surface area contributed by atoms with Crippen molar-refractivity contribution in [2.45, 2.75) is 25.6 Å². The first-order valence-electron chi connectivity index (χ1n) is 6.28. The lowest BCUT2D eigenvalue weighted by Crippen LogP contribution is -2.30. The van der Waals surface area contributed by atoms with Gasteiger partial charge in [0.05, 0.1) is 5.56 Å². The second kappa shape index (κ2) is 7.06. The van der Waals surface area contributed by atoms with Gasteiger partial charge in [0.1, 0.15) is 11.6 Å².